The molecule has 1 amide bonds. The molecule has 9 heteroatoms. The second kappa shape index (κ2) is 9.74. The van der Waals surface area contributed by atoms with Crippen molar-refractivity contribution in [2.75, 3.05) is 5.32 Å². The first-order valence-corrected chi connectivity index (χ1v) is 11.3. The molecule has 2 aromatic heterocycles. The molecule has 0 fully saturated rings. The maximum absolute atomic E-state index is 12.5. The molecule has 1 atom stereocenters. The van der Waals surface area contributed by atoms with Crippen molar-refractivity contribution in [1.29, 1.82) is 0 Å². The third kappa shape index (κ3) is 5.15. The van der Waals surface area contributed by atoms with Gasteiger partial charge in [0, 0.05) is 24.4 Å². The van der Waals surface area contributed by atoms with Crippen LogP contribution in [0.1, 0.15) is 19.2 Å². The average molecular weight is 463 g/mol. The fraction of sp³-hybridized carbons (Fsp3) is 0.208. The number of aryl methyl sites for hydroxylation is 1. The topological polar surface area (TPSA) is 103 Å². The van der Waals surface area contributed by atoms with Gasteiger partial charge in [-0.1, -0.05) is 42.5 Å². The molecule has 4 rings (SSSR count). The SMILES string of the molecule is CC(OC(=O)CCc1nc2ccccc2c(=O)n1C)C(=O)Nc1nc(-c2ccccc2)cs1. The van der Waals surface area contributed by atoms with Crippen LogP contribution in [-0.4, -0.2) is 32.5 Å². The van der Waals surface area contributed by atoms with E-state index < -0.39 is 18.0 Å². The number of nitrogens with zero attached hydrogens (tertiary/aromatic N) is 3. The van der Waals surface area contributed by atoms with Crippen LogP contribution in [0.4, 0.5) is 5.13 Å². The number of hydrogen-bond donors (Lipinski definition) is 1. The highest BCUT2D eigenvalue weighted by molar-refractivity contribution is 7.14. The Balaban J connectivity index is 1.33. The standard InChI is InChI=1S/C24H22N4O4S/c1-15(22(30)27-24-26-19(14-33-24)16-8-4-3-5-9-16)32-21(29)13-12-20-25-18-11-7-6-10-17(18)23(31)28(20)2/h3-11,14-15H,12-13H2,1-2H3,(H,26,27,30). The van der Waals surface area contributed by atoms with E-state index in [-0.39, 0.29) is 18.4 Å². The number of rotatable bonds is 7. The lowest BCUT2D eigenvalue weighted by Gasteiger charge is -2.13. The van der Waals surface area contributed by atoms with E-state index in [2.05, 4.69) is 15.3 Å². The first kappa shape index (κ1) is 22.3. The summed E-state index contributed by atoms with van der Waals surface area (Å²) < 4.78 is 6.69. The summed E-state index contributed by atoms with van der Waals surface area (Å²) in [5.74, 6) is -0.540. The van der Waals surface area contributed by atoms with Crippen LogP contribution in [0.2, 0.25) is 0 Å². The van der Waals surface area contributed by atoms with Gasteiger partial charge in [-0.3, -0.25) is 24.3 Å². The number of hydrogen-bond acceptors (Lipinski definition) is 7. The van der Waals surface area contributed by atoms with Gasteiger partial charge in [0.15, 0.2) is 11.2 Å². The summed E-state index contributed by atoms with van der Waals surface area (Å²) >= 11 is 1.30. The number of thiazole rings is 1. The molecule has 0 saturated carbocycles. The summed E-state index contributed by atoms with van der Waals surface area (Å²) in [4.78, 5) is 46.1. The smallest absolute Gasteiger partial charge is 0.307 e. The number of aromatic nitrogens is 3. The molecule has 0 spiro atoms. The third-order valence-electron chi connectivity index (χ3n) is 5.11. The van der Waals surface area contributed by atoms with Crippen LogP contribution in [0.15, 0.2) is 64.8 Å². The van der Waals surface area contributed by atoms with E-state index in [9.17, 15) is 14.4 Å². The van der Waals surface area contributed by atoms with Crippen LogP contribution in [0.3, 0.4) is 0 Å². The van der Waals surface area contributed by atoms with Crippen molar-refractivity contribution in [2.24, 2.45) is 7.05 Å². The Morgan fingerprint density at radius 2 is 1.82 bits per heavy atom. The maximum Gasteiger partial charge on any atom is 0.307 e. The second-order valence-electron chi connectivity index (χ2n) is 7.43. The third-order valence-corrected chi connectivity index (χ3v) is 5.87. The highest BCUT2D eigenvalue weighted by Gasteiger charge is 2.20. The van der Waals surface area contributed by atoms with Gasteiger partial charge in [-0.2, -0.15) is 0 Å². The Morgan fingerprint density at radius 3 is 2.61 bits per heavy atom. The number of fused-ring (bicyclic) bond motifs is 1. The van der Waals surface area contributed by atoms with Crippen LogP contribution < -0.4 is 10.9 Å². The number of ether oxygens (including phenoxy) is 1. The normalized spacial score (nSPS) is 11.8. The van der Waals surface area contributed by atoms with E-state index in [0.717, 1.165) is 11.3 Å². The van der Waals surface area contributed by atoms with E-state index in [1.807, 2.05) is 35.7 Å². The largest absolute Gasteiger partial charge is 0.453 e. The molecule has 0 saturated heterocycles. The lowest BCUT2D eigenvalue weighted by atomic mass is 10.2. The summed E-state index contributed by atoms with van der Waals surface area (Å²) in [5, 5.41) is 5.48. The number of para-hydroxylation sites is 1. The Kier molecular flexibility index (Phi) is 6.60. The molecule has 0 bridgehead atoms. The molecule has 4 aromatic rings. The Bertz CT molecular complexity index is 1360. The summed E-state index contributed by atoms with van der Waals surface area (Å²) in [6, 6.07) is 16.7. The first-order valence-electron chi connectivity index (χ1n) is 10.4. The highest BCUT2D eigenvalue weighted by Crippen LogP contribution is 2.24. The monoisotopic (exact) mass is 462 g/mol. The predicted molar refractivity (Wildman–Crippen MR) is 127 cm³/mol. The van der Waals surface area contributed by atoms with Gasteiger partial charge >= 0.3 is 5.97 Å². The number of esters is 1. The van der Waals surface area contributed by atoms with Crippen molar-refractivity contribution >= 4 is 39.2 Å². The minimum absolute atomic E-state index is 0.00829. The lowest BCUT2D eigenvalue weighted by Crippen LogP contribution is -2.30. The molecule has 1 N–H and O–H groups in total. The maximum atomic E-state index is 12.5. The molecule has 33 heavy (non-hydrogen) atoms. The van der Waals surface area contributed by atoms with Crippen molar-refractivity contribution in [3.63, 3.8) is 0 Å². The number of amides is 1. The Morgan fingerprint density at radius 1 is 1.09 bits per heavy atom. The molecule has 1 unspecified atom stereocenters. The van der Waals surface area contributed by atoms with E-state index in [4.69, 9.17) is 4.74 Å². The van der Waals surface area contributed by atoms with Crippen LogP contribution in [0.25, 0.3) is 22.2 Å². The van der Waals surface area contributed by atoms with Crippen molar-refractivity contribution in [3.05, 3.63) is 76.2 Å². The van der Waals surface area contributed by atoms with E-state index >= 15 is 0 Å². The van der Waals surface area contributed by atoms with Crippen molar-refractivity contribution < 1.29 is 14.3 Å². The molecular weight excluding hydrogens is 440 g/mol. The second-order valence-corrected chi connectivity index (χ2v) is 8.29. The zero-order chi connectivity index (χ0) is 23.4. The zero-order valence-corrected chi connectivity index (χ0v) is 19.0. The molecule has 2 aromatic carbocycles. The summed E-state index contributed by atoms with van der Waals surface area (Å²) in [6.45, 7) is 1.50. The van der Waals surface area contributed by atoms with Gasteiger partial charge in [0.25, 0.3) is 11.5 Å². The molecular formula is C24H22N4O4S. The average Bonchev–Trinajstić information content (AvgIpc) is 3.29. The van der Waals surface area contributed by atoms with E-state index in [1.54, 1.807) is 31.3 Å². The van der Waals surface area contributed by atoms with Crippen molar-refractivity contribution in [3.8, 4) is 11.3 Å². The van der Waals surface area contributed by atoms with E-state index in [1.165, 1.54) is 22.8 Å². The van der Waals surface area contributed by atoms with Crippen molar-refractivity contribution in [1.82, 2.24) is 14.5 Å². The number of carbonyl (C=O) groups excluding carboxylic acids is 2. The zero-order valence-electron chi connectivity index (χ0n) is 18.1. The molecule has 0 aliphatic rings. The fourth-order valence-electron chi connectivity index (χ4n) is 3.29. The van der Waals surface area contributed by atoms with Crippen LogP contribution in [0, 0.1) is 0 Å². The summed E-state index contributed by atoms with van der Waals surface area (Å²) in [6.07, 6.45) is -0.780. The summed E-state index contributed by atoms with van der Waals surface area (Å²) in [7, 11) is 1.62. The highest BCUT2D eigenvalue weighted by atomic mass is 32.1. The molecule has 2 heterocycles. The van der Waals surface area contributed by atoms with Crippen LogP contribution >= 0.6 is 11.3 Å². The van der Waals surface area contributed by atoms with Crippen molar-refractivity contribution in [2.45, 2.75) is 25.9 Å². The number of anilines is 1. The fourth-order valence-corrected chi connectivity index (χ4v) is 4.01. The molecule has 0 aliphatic heterocycles. The lowest BCUT2D eigenvalue weighted by molar-refractivity contribution is -0.153. The van der Waals surface area contributed by atoms with Gasteiger partial charge in [-0.25, -0.2) is 9.97 Å². The Labute approximate surface area is 193 Å². The first-order chi connectivity index (χ1) is 15.9. The van der Waals surface area contributed by atoms with Gasteiger partial charge < -0.3 is 4.74 Å². The quantitative estimate of drug-likeness (QED) is 0.421. The number of nitrogens with one attached hydrogen (secondary N) is 1. The molecule has 0 radical (unpaired) electrons. The van der Waals surface area contributed by atoms with Gasteiger partial charge in [0.1, 0.15) is 5.82 Å². The molecule has 0 aliphatic carbocycles. The van der Waals surface area contributed by atoms with Gasteiger partial charge in [-0.15, -0.1) is 11.3 Å². The van der Waals surface area contributed by atoms with Gasteiger partial charge in [0.05, 0.1) is 23.0 Å². The Hall–Kier alpha value is -3.85. The van der Waals surface area contributed by atoms with E-state index in [0.29, 0.717) is 21.9 Å². The van der Waals surface area contributed by atoms with Gasteiger partial charge in [-0.05, 0) is 19.1 Å². The predicted octanol–water partition coefficient (Wildman–Crippen LogP) is 3.56. The number of carbonyl (C=O) groups is 2. The summed E-state index contributed by atoms with van der Waals surface area (Å²) in [5.41, 5.74) is 2.12. The minimum atomic E-state index is -0.991. The minimum Gasteiger partial charge on any atom is -0.453 e. The van der Waals surface area contributed by atoms with Gasteiger partial charge in [0.2, 0.25) is 0 Å². The molecule has 8 nitrogen and oxygen atoms in total. The van der Waals surface area contributed by atoms with Crippen LogP contribution in [-0.2, 0) is 27.8 Å². The number of benzene rings is 2. The molecule has 168 valence electrons. The van der Waals surface area contributed by atoms with Crippen LogP contribution in [0.5, 0.6) is 0 Å².